The summed E-state index contributed by atoms with van der Waals surface area (Å²) in [5.74, 6) is -0.444. The number of halogens is 1. The minimum absolute atomic E-state index is 0.0122. The van der Waals surface area contributed by atoms with E-state index in [0.29, 0.717) is 27.1 Å². The molecule has 6 heteroatoms. The summed E-state index contributed by atoms with van der Waals surface area (Å²) >= 11 is 3.39. The summed E-state index contributed by atoms with van der Waals surface area (Å²) in [6.07, 6.45) is -1.60. The van der Waals surface area contributed by atoms with Crippen LogP contribution in [0, 0.1) is 0 Å². The van der Waals surface area contributed by atoms with Crippen molar-refractivity contribution >= 4 is 21.9 Å². The lowest BCUT2D eigenvalue weighted by Gasteiger charge is -2.21. The third-order valence-electron chi connectivity index (χ3n) is 2.79. The summed E-state index contributed by atoms with van der Waals surface area (Å²) in [5.41, 5.74) is 0.986. The number of carbonyl (C=O) groups is 1. The first-order valence-electron chi connectivity index (χ1n) is 5.70. The van der Waals surface area contributed by atoms with E-state index in [1.807, 2.05) is 13.8 Å². The second-order valence-electron chi connectivity index (χ2n) is 4.32. The number of carboxylic acid groups (broad SMARTS) is 1. The maximum absolute atomic E-state index is 11.0. The number of aliphatic carboxylic acids is 1. The van der Waals surface area contributed by atoms with E-state index in [2.05, 4.69) is 15.9 Å². The zero-order valence-electron chi connectivity index (χ0n) is 11.2. The van der Waals surface area contributed by atoms with E-state index in [4.69, 9.17) is 14.6 Å². The molecule has 0 spiro atoms. The number of hydrogen-bond donors (Lipinski definition) is 2. The third kappa shape index (κ3) is 3.01. The molecular formula is C13H17BrO5. The highest BCUT2D eigenvalue weighted by Gasteiger charge is 2.27. The lowest BCUT2D eigenvalue weighted by atomic mass is 9.93. The van der Waals surface area contributed by atoms with Gasteiger partial charge in [-0.1, -0.05) is 13.8 Å². The Hall–Kier alpha value is -1.27. The van der Waals surface area contributed by atoms with Gasteiger partial charge >= 0.3 is 5.97 Å². The average Bonchev–Trinajstić information content (AvgIpc) is 2.35. The Labute approximate surface area is 120 Å². The Morgan fingerprint density at radius 3 is 2.26 bits per heavy atom. The molecule has 0 aliphatic carbocycles. The standard InChI is InChI=1S/C13H17BrO5/c1-6(2)9-7(11(15)13(16)17)5-8(18-3)12(19-4)10(9)14/h5-6,11,15H,1-4H3,(H,16,17). The van der Waals surface area contributed by atoms with Crippen LogP contribution in [0.3, 0.4) is 0 Å². The lowest BCUT2D eigenvalue weighted by Crippen LogP contribution is -2.14. The molecule has 0 radical (unpaired) electrons. The molecule has 0 aliphatic heterocycles. The van der Waals surface area contributed by atoms with E-state index in [0.717, 1.165) is 0 Å². The zero-order valence-corrected chi connectivity index (χ0v) is 12.8. The second kappa shape index (κ2) is 6.25. The molecule has 0 aliphatic rings. The molecule has 1 aromatic rings. The highest BCUT2D eigenvalue weighted by Crippen LogP contribution is 2.44. The zero-order chi connectivity index (χ0) is 14.7. The normalized spacial score (nSPS) is 12.4. The SMILES string of the molecule is COc1cc(C(O)C(=O)O)c(C(C)C)c(Br)c1OC. The molecule has 1 aromatic carbocycles. The highest BCUT2D eigenvalue weighted by molar-refractivity contribution is 9.10. The molecule has 0 saturated heterocycles. The van der Waals surface area contributed by atoms with Crippen molar-refractivity contribution in [1.29, 1.82) is 0 Å². The van der Waals surface area contributed by atoms with Crippen LogP contribution >= 0.6 is 15.9 Å². The Morgan fingerprint density at radius 2 is 1.89 bits per heavy atom. The predicted molar refractivity (Wildman–Crippen MR) is 73.9 cm³/mol. The molecular weight excluding hydrogens is 316 g/mol. The molecule has 106 valence electrons. The van der Waals surface area contributed by atoms with Gasteiger partial charge in [-0.3, -0.25) is 0 Å². The van der Waals surface area contributed by atoms with Gasteiger partial charge in [-0.05, 0) is 33.5 Å². The summed E-state index contributed by atoms with van der Waals surface area (Å²) in [6.45, 7) is 3.81. The Kier molecular flexibility index (Phi) is 5.20. The monoisotopic (exact) mass is 332 g/mol. The summed E-state index contributed by atoms with van der Waals surface area (Å²) in [5, 5.41) is 18.8. The summed E-state index contributed by atoms with van der Waals surface area (Å²) < 4.78 is 11.0. The van der Waals surface area contributed by atoms with E-state index in [9.17, 15) is 9.90 Å². The fraction of sp³-hybridized carbons (Fsp3) is 0.462. The van der Waals surface area contributed by atoms with Gasteiger partial charge in [0.05, 0.1) is 18.7 Å². The number of aliphatic hydroxyl groups excluding tert-OH is 1. The number of benzene rings is 1. The fourth-order valence-electron chi connectivity index (χ4n) is 1.93. The van der Waals surface area contributed by atoms with Crippen LogP contribution in [-0.4, -0.2) is 30.4 Å². The highest BCUT2D eigenvalue weighted by atomic mass is 79.9. The second-order valence-corrected chi connectivity index (χ2v) is 5.12. The lowest BCUT2D eigenvalue weighted by molar-refractivity contribution is -0.147. The molecule has 0 bridgehead atoms. The van der Waals surface area contributed by atoms with Crippen molar-refractivity contribution < 1.29 is 24.5 Å². The number of carboxylic acids is 1. The van der Waals surface area contributed by atoms with Gasteiger partial charge < -0.3 is 19.7 Å². The maximum atomic E-state index is 11.0. The molecule has 1 rings (SSSR count). The third-order valence-corrected chi connectivity index (χ3v) is 3.57. The number of methoxy groups -OCH3 is 2. The maximum Gasteiger partial charge on any atom is 0.337 e. The van der Waals surface area contributed by atoms with Crippen molar-refractivity contribution in [3.8, 4) is 11.5 Å². The number of hydrogen-bond acceptors (Lipinski definition) is 4. The van der Waals surface area contributed by atoms with E-state index >= 15 is 0 Å². The smallest absolute Gasteiger partial charge is 0.337 e. The van der Waals surface area contributed by atoms with Crippen molar-refractivity contribution in [2.45, 2.75) is 25.9 Å². The predicted octanol–water partition coefficient (Wildman–Crippen LogP) is 2.71. The minimum atomic E-state index is -1.60. The summed E-state index contributed by atoms with van der Waals surface area (Å²) in [7, 11) is 2.95. The quantitative estimate of drug-likeness (QED) is 0.866. The van der Waals surface area contributed by atoms with Crippen LogP contribution in [0.4, 0.5) is 0 Å². The molecule has 0 aromatic heterocycles. The van der Waals surface area contributed by atoms with Crippen LogP contribution in [0.1, 0.15) is 37.0 Å². The Balaban J connectivity index is 3.61. The van der Waals surface area contributed by atoms with Crippen molar-refractivity contribution in [2.75, 3.05) is 14.2 Å². The van der Waals surface area contributed by atoms with Gasteiger partial charge in [-0.15, -0.1) is 0 Å². The van der Waals surface area contributed by atoms with Crippen LogP contribution < -0.4 is 9.47 Å². The van der Waals surface area contributed by atoms with Crippen LogP contribution in [0.15, 0.2) is 10.5 Å². The van der Waals surface area contributed by atoms with Crippen molar-refractivity contribution in [3.63, 3.8) is 0 Å². The molecule has 5 nitrogen and oxygen atoms in total. The molecule has 0 amide bonds. The topological polar surface area (TPSA) is 76.0 Å². The van der Waals surface area contributed by atoms with Crippen molar-refractivity contribution in [1.82, 2.24) is 0 Å². The summed E-state index contributed by atoms with van der Waals surface area (Å²) in [4.78, 5) is 11.0. The van der Waals surface area contributed by atoms with E-state index in [-0.39, 0.29) is 5.92 Å². The number of rotatable bonds is 5. The van der Waals surface area contributed by atoms with Gasteiger partial charge in [0.2, 0.25) is 0 Å². The molecule has 19 heavy (non-hydrogen) atoms. The summed E-state index contributed by atoms with van der Waals surface area (Å²) in [6, 6.07) is 1.50. The van der Waals surface area contributed by atoms with E-state index < -0.39 is 12.1 Å². The van der Waals surface area contributed by atoms with Gasteiger partial charge in [0.15, 0.2) is 17.6 Å². The van der Waals surface area contributed by atoms with E-state index in [1.54, 1.807) is 0 Å². The van der Waals surface area contributed by atoms with Gasteiger partial charge in [0.1, 0.15) is 0 Å². The number of ether oxygens (including phenoxy) is 2. The van der Waals surface area contributed by atoms with Crippen LogP contribution in [-0.2, 0) is 4.79 Å². The fourth-order valence-corrected chi connectivity index (χ4v) is 2.97. The van der Waals surface area contributed by atoms with Crippen molar-refractivity contribution in [2.24, 2.45) is 0 Å². The molecule has 0 heterocycles. The van der Waals surface area contributed by atoms with E-state index in [1.165, 1.54) is 20.3 Å². The van der Waals surface area contributed by atoms with Gasteiger partial charge in [-0.25, -0.2) is 4.79 Å². The average molecular weight is 333 g/mol. The van der Waals surface area contributed by atoms with Crippen LogP contribution in [0.2, 0.25) is 0 Å². The first-order valence-corrected chi connectivity index (χ1v) is 6.49. The first-order chi connectivity index (χ1) is 8.84. The van der Waals surface area contributed by atoms with Gasteiger partial charge in [-0.2, -0.15) is 0 Å². The molecule has 2 N–H and O–H groups in total. The van der Waals surface area contributed by atoms with Crippen LogP contribution in [0.25, 0.3) is 0 Å². The first kappa shape index (κ1) is 15.8. The molecule has 0 saturated carbocycles. The van der Waals surface area contributed by atoms with Gasteiger partial charge in [0, 0.05) is 5.56 Å². The van der Waals surface area contributed by atoms with Crippen molar-refractivity contribution in [3.05, 3.63) is 21.7 Å². The molecule has 0 fully saturated rings. The minimum Gasteiger partial charge on any atom is -0.493 e. The molecule has 1 unspecified atom stereocenters. The Morgan fingerprint density at radius 1 is 1.32 bits per heavy atom. The molecule has 1 atom stereocenters. The largest absolute Gasteiger partial charge is 0.493 e. The van der Waals surface area contributed by atoms with Crippen LogP contribution in [0.5, 0.6) is 11.5 Å². The number of aliphatic hydroxyl groups is 1. The Bertz CT molecular complexity index is 484. The van der Waals surface area contributed by atoms with Gasteiger partial charge in [0.25, 0.3) is 0 Å².